The van der Waals surface area contributed by atoms with E-state index in [1.807, 2.05) is 18.2 Å². The van der Waals surface area contributed by atoms with E-state index in [-0.39, 0.29) is 18.0 Å². The summed E-state index contributed by atoms with van der Waals surface area (Å²) in [5.41, 5.74) is 2.44. The fourth-order valence-corrected chi connectivity index (χ4v) is 2.82. The number of ether oxygens (including phenoxy) is 1. The summed E-state index contributed by atoms with van der Waals surface area (Å²) in [6.45, 7) is 2.25. The quantitative estimate of drug-likeness (QED) is 0.689. The zero-order valence-electron chi connectivity index (χ0n) is 16.0. The summed E-state index contributed by atoms with van der Waals surface area (Å²) in [6.07, 6.45) is -0.342. The number of halogens is 2. The Morgan fingerprint density at radius 1 is 1.11 bits per heavy atom. The Bertz CT molecular complexity index is 828. The van der Waals surface area contributed by atoms with Crippen LogP contribution in [0.25, 0.3) is 0 Å². The summed E-state index contributed by atoms with van der Waals surface area (Å²) in [4.78, 5) is 25.0. The van der Waals surface area contributed by atoms with Gasteiger partial charge in [-0.15, -0.1) is 0 Å². The zero-order chi connectivity index (χ0) is 20.7. The smallest absolute Gasteiger partial charge is 0.321 e. The van der Waals surface area contributed by atoms with Crippen LogP contribution in [0.4, 0.5) is 10.5 Å². The van der Waals surface area contributed by atoms with Crippen LogP contribution in [-0.4, -0.2) is 37.5 Å². The molecule has 0 spiro atoms. The Balaban J connectivity index is 1.95. The first-order valence-electron chi connectivity index (χ1n) is 8.63. The summed E-state index contributed by atoms with van der Waals surface area (Å²) in [5.74, 6) is -0.0892. The fraction of sp³-hybridized carbons (Fsp3) is 0.300. The molecule has 0 aliphatic rings. The molecule has 0 radical (unpaired) electrons. The van der Waals surface area contributed by atoms with Crippen LogP contribution in [0.3, 0.4) is 0 Å². The highest BCUT2D eigenvalue weighted by molar-refractivity contribution is 6.42. The Morgan fingerprint density at radius 3 is 2.36 bits per heavy atom. The molecule has 1 atom stereocenters. The number of nitrogens with zero attached hydrogens (tertiary/aromatic N) is 1. The number of carbonyl (C=O) groups is 2. The number of nitrogens with one attached hydrogen (secondary N) is 2. The molecule has 0 bridgehead atoms. The highest BCUT2D eigenvalue weighted by Crippen LogP contribution is 2.27. The summed E-state index contributed by atoms with van der Waals surface area (Å²) >= 11 is 12.0. The number of likely N-dealkylation sites (N-methyl/N-ethyl adjacent to an activating group) is 1. The van der Waals surface area contributed by atoms with E-state index in [1.54, 1.807) is 38.4 Å². The molecule has 2 aromatic rings. The van der Waals surface area contributed by atoms with Gasteiger partial charge >= 0.3 is 6.03 Å². The molecule has 3 amide bonds. The predicted molar refractivity (Wildman–Crippen MR) is 112 cm³/mol. The minimum atomic E-state index is -0.342. The molecule has 6 nitrogen and oxygen atoms in total. The number of rotatable bonds is 7. The van der Waals surface area contributed by atoms with Crippen LogP contribution in [-0.2, 0) is 16.1 Å². The van der Waals surface area contributed by atoms with E-state index < -0.39 is 0 Å². The van der Waals surface area contributed by atoms with Crippen molar-refractivity contribution in [1.29, 1.82) is 0 Å². The van der Waals surface area contributed by atoms with Crippen LogP contribution < -0.4 is 10.6 Å². The van der Waals surface area contributed by atoms with Crippen LogP contribution in [0.5, 0.6) is 0 Å². The molecule has 0 aromatic heterocycles. The van der Waals surface area contributed by atoms with Crippen LogP contribution in [0, 0.1) is 0 Å². The minimum Gasteiger partial charge on any atom is -0.375 e. The van der Waals surface area contributed by atoms with Gasteiger partial charge in [-0.1, -0.05) is 41.4 Å². The van der Waals surface area contributed by atoms with Gasteiger partial charge in [0.15, 0.2) is 0 Å². The second-order valence-corrected chi connectivity index (χ2v) is 7.13. The van der Waals surface area contributed by atoms with Gasteiger partial charge in [-0.25, -0.2) is 4.79 Å². The summed E-state index contributed by atoms with van der Waals surface area (Å²) in [5, 5.41) is 6.46. The van der Waals surface area contributed by atoms with Gasteiger partial charge in [0.05, 0.1) is 22.7 Å². The first-order valence-corrected chi connectivity index (χ1v) is 9.39. The summed E-state index contributed by atoms with van der Waals surface area (Å²) in [7, 11) is 3.26. The molecule has 150 valence electrons. The lowest BCUT2D eigenvalue weighted by Gasteiger charge is -2.24. The SMILES string of the molecule is COC(CN(C)C(=O)Nc1ccc(CNC(C)=O)cc1)c1ccc(Cl)c(Cl)c1. The van der Waals surface area contributed by atoms with Gasteiger partial charge in [0.25, 0.3) is 0 Å². The highest BCUT2D eigenvalue weighted by Gasteiger charge is 2.18. The van der Waals surface area contributed by atoms with Crippen molar-refractivity contribution in [3.63, 3.8) is 0 Å². The van der Waals surface area contributed by atoms with Crippen molar-refractivity contribution in [2.24, 2.45) is 0 Å². The second-order valence-electron chi connectivity index (χ2n) is 6.32. The first-order chi connectivity index (χ1) is 13.3. The normalized spacial score (nSPS) is 11.6. The Hall–Kier alpha value is -2.28. The van der Waals surface area contributed by atoms with Gasteiger partial charge < -0.3 is 20.3 Å². The molecule has 0 heterocycles. The molecule has 0 aliphatic carbocycles. The van der Waals surface area contributed by atoms with E-state index in [1.165, 1.54) is 11.8 Å². The maximum atomic E-state index is 12.5. The standard InChI is InChI=1S/C20H23Cl2N3O3/c1-13(26)23-11-14-4-7-16(8-5-14)24-20(27)25(2)12-19(28-3)15-6-9-17(21)18(22)10-15/h4-10,19H,11-12H2,1-3H3,(H,23,26)(H,24,27). The zero-order valence-corrected chi connectivity index (χ0v) is 17.5. The van der Waals surface area contributed by atoms with Crippen molar-refractivity contribution < 1.29 is 14.3 Å². The molecular weight excluding hydrogens is 401 g/mol. The number of hydrogen-bond acceptors (Lipinski definition) is 3. The molecule has 2 N–H and O–H groups in total. The monoisotopic (exact) mass is 423 g/mol. The predicted octanol–water partition coefficient (Wildman–Crippen LogP) is 4.48. The van der Waals surface area contributed by atoms with Crippen LogP contribution >= 0.6 is 23.2 Å². The molecule has 0 aliphatic heterocycles. The molecule has 8 heteroatoms. The van der Waals surface area contributed by atoms with Gasteiger partial charge in [-0.2, -0.15) is 0 Å². The lowest BCUT2D eigenvalue weighted by atomic mass is 10.1. The first kappa shape index (κ1) is 22.0. The average molecular weight is 424 g/mol. The lowest BCUT2D eigenvalue weighted by molar-refractivity contribution is -0.119. The maximum absolute atomic E-state index is 12.5. The van der Waals surface area contributed by atoms with E-state index >= 15 is 0 Å². The van der Waals surface area contributed by atoms with Crippen LogP contribution in [0.15, 0.2) is 42.5 Å². The van der Waals surface area contributed by atoms with Gasteiger partial charge in [-0.05, 0) is 35.4 Å². The van der Waals surface area contributed by atoms with Crippen molar-refractivity contribution in [3.8, 4) is 0 Å². The molecule has 2 rings (SSSR count). The lowest BCUT2D eigenvalue weighted by Crippen LogP contribution is -2.35. The van der Waals surface area contributed by atoms with Crippen molar-refractivity contribution in [2.45, 2.75) is 19.6 Å². The molecule has 2 aromatic carbocycles. The van der Waals surface area contributed by atoms with Crippen LogP contribution in [0.2, 0.25) is 10.0 Å². The fourth-order valence-electron chi connectivity index (χ4n) is 2.51. The average Bonchev–Trinajstić information content (AvgIpc) is 2.67. The number of methoxy groups -OCH3 is 1. The van der Waals surface area contributed by atoms with Crippen LogP contribution in [0.1, 0.15) is 24.2 Å². The Morgan fingerprint density at radius 2 is 1.79 bits per heavy atom. The van der Waals surface area contributed by atoms with Crippen molar-refractivity contribution in [1.82, 2.24) is 10.2 Å². The van der Waals surface area contributed by atoms with Crippen molar-refractivity contribution in [2.75, 3.05) is 26.0 Å². The third kappa shape index (κ3) is 6.41. The van der Waals surface area contributed by atoms with E-state index in [2.05, 4.69) is 10.6 Å². The van der Waals surface area contributed by atoms with E-state index in [4.69, 9.17) is 27.9 Å². The van der Waals surface area contributed by atoms with E-state index in [0.29, 0.717) is 28.8 Å². The van der Waals surface area contributed by atoms with Gasteiger partial charge in [0.1, 0.15) is 0 Å². The van der Waals surface area contributed by atoms with Crippen molar-refractivity contribution >= 4 is 40.8 Å². The molecule has 1 unspecified atom stereocenters. The van der Waals surface area contributed by atoms with Gasteiger partial charge in [0.2, 0.25) is 5.91 Å². The molecular formula is C20H23Cl2N3O3. The minimum absolute atomic E-state index is 0.0892. The number of carbonyl (C=O) groups excluding carboxylic acids is 2. The van der Waals surface area contributed by atoms with Gasteiger partial charge in [-0.3, -0.25) is 4.79 Å². The largest absolute Gasteiger partial charge is 0.375 e. The number of anilines is 1. The summed E-state index contributed by atoms with van der Waals surface area (Å²) < 4.78 is 5.51. The number of benzene rings is 2. The third-order valence-corrected chi connectivity index (χ3v) is 4.87. The molecule has 28 heavy (non-hydrogen) atoms. The van der Waals surface area contributed by atoms with E-state index in [0.717, 1.165) is 11.1 Å². The molecule has 0 saturated heterocycles. The third-order valence-electron chi connectivity index (χ3n) is 4.13. The Labute approximate surface area is 174 Å². The second kappa shape index (κ2) is 10.3. The van der Waals surface area contributed by atoms with Crippen molar-refractivity contribution in [3.05, 3.63) is 63.6 Å². The van der Waals surface area contributed by atoms with Gasteiger partial charge in [0, 0.05) is 33.3 Å². The summed E-state index contributed by atoms with van der Waals surface area (Å²) in [6, 6.07) is 12.3. The topological polar surface area (TPSA) is 70.7 Å². The van der Waals surface area contributed by atoms with E-state index in [9.17, 15) is 9.59 Å². The number of hydrogen-bond donors (Lipinski definition) is 2. The molecule has 0 fully saturated rings. The number of amides is 3. The number of urea groups is 1. The maximum Gasteiger partial charge on any atom is 0.321 e. The molecule has 0 saturated carbocycles. The Kier molecular flexibility index (Phi) is 8.11. The highest BCUT2D eigenvalue weighted by atomic mass is 35.5.